The van der Waals surface area contributed by atoms with Crippen molar-refractivity contribution in [3.63, 3.8) is 0 Å². The summed E-state index contributed by atoms with van der Waals surface area (Å²) >= 11 is 0. The Morgan fingerprint density at radius 3 is 2.56 bits per heavy atom. The molecule has 0 aliphatic heterocycles. The monoisotopic (exact) mass is 208 g/mol. The molecule has 3 rings (SSSR count). The van der Waals surface area contributed by atoms with E-state index in [0.29, 0.717) is 0 Å². The standard InChI is InChI=1S/C14H12N2/c1-10-11-6-2-3-7-12(11)16-14(10)13-8-4-5-9-15-13/h2-9,16H,1H3. The molecule has 0 aliphatic rings. The Bertz CT molecular complexity index is 624. The quantitative estimate of drug-likeness (QED) is 0.651. The van der Waals surface area contributed by atoms with Gasteiger partial charge in [0.05, 0.1) is 11.4 Å². The molecule has 3 aromatic rings. The Morgan fingerprint density at radius 2 is 1.81 bits per heavy atom. The molecule has 0 bridgehead atoms. The van der Waals surface area contributed by atoms with Crippen LogP contribution < -0.4 is 0 Å². The van der Waals surface area contributed by atoms with E-state index in [2.05, 4.69) is 35.1 Å². The van der Waals surface area contributed by atoms with Gasteiger partial charge < -0.3 is 4.98 Å². The van der Waals surface area contributed by atoms with Crippen molar-refractivity contribution >= 4 is 10.9 Å². The van der Waals surface area contributed by atoms with Crippen LogP contribution in [-0.4, -0.2) is 9.97 Å². The van der Waals surface area contributed by atoms with E-state index in [1.54, 1.807) is 0 Å². The zero-order valence-electron chi connectivity index (χ0n) is 9.07. The van der Waals surface area contributed by atoms with Crippen LogP contribution in [0.3, 0.4) is 0 Å². The number of nitrogens with one attached hydrogen (secondary N) is 1. The molecule has 0 radical (unpaired) electrons. The second-order valence-electron chi connectivity index (χ2n) is 3.89. The SMILES string of the molecule is Cc1c(-c2ccccn2)[nH]c2ccccc12. The third-order valence-corrected chi connectivity index (χ3v) is 2.89. The highest BCUT2D eigenvalue weighted by molar-refractivity contribution is 5.89. The summed E-state index contributed by atoms with van der Waals surface area (Å²) in [5.74, 6) is 0. The fourth-order valence-electron chi connectivity index (χ4n) is 2.05. The number of rotatable bonds is 1. The first-order chi connectivity index (χ1) is 7.86. The molecule has 16 heavy (non-hydrogen) atoms. The second kappa shape index (κ2) is 3.49. The second-order valence-corrected chi connectivity index (χ2v) is 3.89. The van der Waals surface area contributed by atoms with E-state index in [4.69, 9.17) is 0 Å². The molecular weight excluding hydrogens is 196 g/mol. The van der Waals surface area contributed by atoms with E-state index in [1.165, 1.54) is 16.5 Å². The molecule has 0 aliphatic carbocycles. The van der Waals surface area contributed by atoms with Crippen molar-refractivity contribution < 1.29 is 0 Å². The lowest BCUT2D eigenvalue weighted by Gasteiger charge is -1.97. The van der Waals surface area contributed by atoms with Gasteiger partial charge in [-0.15, -0.1) is 0 Å². The lowest BCUT2D eigenvalue weighted by atomic mass is 10.1. The predicted octanol–water partition coefficient (Wildman–Crippen LogP) is 3.54. The number of fused-ring (bicyclic) bond motifs is 1. The lowest BCUT2D eigenvalue weighted by molar-refractivity contribution is 1.28. The maximum Gasteiger partial charge on any atom is 0.0867 e. The molecule has 0 atom stereocenters. The lowest BCUT2D eigenvalue weighted by Crippen LogP contribution is -1.83. The summed E-state index contributed by atoms with van der Waals surface area (Å²) in [6, 6.07) is 14.3. The molecule has 0 saturated carbocycles. The minimum Gasteiger partial charge on any atom is -0.353 e. The molecule has 2 heteroatoms. The van der Waals surface area contributed by atoms with Gasteiger partial charge in [-0.25, -0.2) is 0 Å². The van der Waals surface area contributed by atoms with Crippen LogP contribution in [0.25, 0.3) is 22.3 Å². The van der Waals surface area contributed by atoms with Crippen LogP contribution in [0.5, 0.6) is 0 Å². The third kappa shape index (κ3) is 1.31. The van der Waals surface area contributed by atoms with Crippen LogP contribution in [0.4, 0.5) is 0 Å². The van der Waals surface area contributed by atoms with Crippen molar-refractivity contribution in [1.82, 2.24) is 9.97 Å². The minimum absolute atomic E-state index is 0.996. The molecule has 0 saturated heterocycles. The minimum atomic E-state index is 0.996. The highest BCUT2D eigenvalue weighted by atomic mass is 14.8. The summed E-state index contributed by atoms with van der Waals surface area (Å²) in [5.41, 5.74) is 4.54. The fourth-order valence-corrected chi connectivity index (χ4v) is 2.05. The number of hydrogen-bond acceptors (Lipinski definition) is 1. The van der Waals surface area contributed by atoms with E-state index in [0.717, 1.165) is 11.4 Å². The third-order valence-electron chi connectivity index (χ3n) is 2.89. The molecule has 2 aromatic heterocycles. The summed E-state index contributed by atoms with van der Waals surface area (Å²) in [6.45, 7) is 2.13. The van der Waals surface area contributed by atoms with Gasteiger partial charge in [0.25, 0.3) is 0 Å². The van der Waals surface area contributed by atoms with Crippen molar-refractivity contribution in [3.05, 3.63) is 54.2 Å². The van der Waals surface area contributed by atoms with Crippen molar-refractivity contribution in [1.29, 1.82) is 0 Å². The van der Waals surface area contributed by atoms with Crippen LogP contribution in [-0.2, 0) is 0 Å². The number of aromatic amines is 1. The van der Waals surface area contributed by atoms with Crippen LogP contribution >= 0.6 is 0 Å². The summed E-state index contributed by atoms with van der Waals surface area (Å²) < 4.78 is 0. The van der Waals surface area contributed by atoms with Crippen LogP contribution in [0.1, 0.15) is 5.56 Å². The number of nitrogens with zero attached hydrogens (tertiary/aromatic N) is 1. The van der Waals surface area contributed by atoms with Crippen LogP contribution in [0.2, 0.25) is 0 Å². The molecule has 0 amide bonds. The van der Waals surface area contributed by atoms with Gasteiger partial charge in [0.2, 0.25) is 0 Å². The average Bonchev–Trinajstić information content (AvgIpc) is 2.69. The van der Waals surface area contributed by atoms with Gasteiger partial charge in [-0.1, -0.05) is 24.3 Å². The smallest absolute Gasteiger partial charge is 0.0867 e. The van der Waals surface area contributed by atoms with E-state index >= 15 is 0 Å². The molecular formula is C14H12N2. The molecule has 2 nitrogen and oxygen atoms in total. The average molecular weight is 208 g/mol. The van der Waals surface area contributed by atoms with E-state index in [1.807, 2.05) is 30.5 Å². The van der Waals surface area contributed by atoms with Gasteiger partial charge in [-0.2, -0.15) is 0 Å². The first-order valence-electron chi connectivity index (χ1n) is 5.35. The van der Waals surface area contributed by atoms with E-state index in [9.17, 15) is 0 Å². The molecule has 0 fully saturated rings. The van der Waals surface area contributed by atoms with E-state index < -0.39 is 0 Å². The zero-order valence-corrected chi connectivity index (χ0v) is 9.07. The Morgan fingerprint density at radius 1 is 1.00 bits per heavy atom. The van der Waals surface area contributed by atoms with Gasteiger partial charge >= 0.3 is 0 Å². The maximum atomic E-state index is 4.37. The number of hydrogen-bond donors (Lipinski definition) is 1. The summed E-state index contributed by atoms with van der Waals surface area (Å²) in [7, 11) is 0. The van der Waals surface area contributed by atoms with Gasteiger partial charge in [-0.05, 0) is 30.7 Å². The topological polar surface area (TPSA) is 28.7 Å². The highest BCUT2D eigenvalue weighted by Crippen LogP contribution is 2.27. The van der Waals surface area contributed by atoms with Gasteiger partial charge in [0.15, 0.2) is 0 Å². The maximum absolute atomic E-state index is 4.37. The molecule has 0 spiro atoms. The molecule has 78 valence electrons. The molecule has 1 aromatic carbocycles. The van der Waals surface area contributed by atoms with Crippen LogP contribution in [0.15, 0.2) is 48.7 Å². The van der Waals surface area contributed by atoms with E-state index in [-0.39, 0.29) is 0 Å². The number of benzene rings is 1. The summed E-state index contributed by atoms with van der Waals surface area (Å²) in [6.07, 6.45) is 1.82. The zero-order chi connectivity index (χ0) is 11.0. The van der Waals surface area contributed by atoms with Gasteiger partial charge in [0, 0.05) is 17.1 Å². The van der Waals surface area contributed by atoms with Crippen molar-refractivity contribution in [2.24, 2.45) is 0 Å². The highest BCUT2D eigenvalue weighted by Gasteiger charge is 2.08. The number of pyridine rings is 1. The van der Waals surface area contributed by atoms with Crippen molar-refractivity contribution in [3.8, 4) is 11.4 Å². The van der Waals surface area contributed by atoms with Gasteiger partial charge in [-0.3, -0.25) is 4.98 Å². The Hall–Kier alpha value is -2.09. The molecule has 1 N–H and O–H groups in total. The number of aryl methyl sites for hydroxylation is 1. The first kappa shape index (κ1) is 9.16. The number of para-hydroxylation sites is 1. The predicted molar refractivity (Wildman–Crippen MR) is 66.3 cm³/mol. The van der Waals surface area contributed by atoms with Gasteiger partial charge in [0.1, 0.15) is 0 Å². The van der Waals surface area contributed by atoms with Crippen molar-refractivity contribution in [2.45, 2.75) is 6.92 Å². The Labute approximate surface area is 94.0 Å². The molecule has 0 unspecified atom stereocenters. The Balaban J connectivity index is 2.29. The normalized spacial score (nSPS) is 10.8. The number of H-pyrrole nitrogens is 1. The largest absolute Gasteiger partial charge is 0.353 e. The fraction of sp³-hybridized carbons (Fsp3) is 0.0714. The van der Waals surface area contributed by atoms with Crippen LogP contribution in [0, 0.1) is 6.92 Å². The molecule has 2 heterocycles. The van der Waals surface area contributed by atoms with Crippen molar-refractivity contribution in [2.75, 3.05) is 0 Å². The Kier molecular flexibility index (Phi) is 2.00. The number of aromatic nitrogens is 2. The first-order valence-corrected chi connectivity index (χ1v) is 5.35. The summed E-state index contributed by atoms with van der Waals surface area (Å²) in [4.78, 5) is 7.79. The summed E-state index contributed by atoms with van der Waals surface area (Å²) in [5, 5.41) is 1.27.